The van der Waals surface area contributed by atoms with Gasteiger partial charge in [-0.05, 0) is 45.8 Å². The first-order valence-electron chi connectivity index (χ1n) is 5.66. The van der Waals surface area contributed by atoms with Gasteiger partial charge in [0.1, 0.15) is 0 Å². The molecule has 0 saturated carbocycles. The van der Waals surface area contributed by atoms with Crippen molar-refractivity contribution in [1.82, 2.24) is 10.2 Å². The molecule has 78 valence electrons. The van der Waals surface area contributed by atoms with Gasteiger partial charge in [-0.1, -0.05) is 13.3 Å². The molecule has 2 nitrogen and oxygen atoms in total. The van der Waals surface area contributed by atoms with E-state index in [-0.39, 0.29) is 0 Å². The van der Waals surface area contributed by atoms with Gasteiger partial charge in [0.15, 0.2) is 0 Å². The lowest BCUT2D eigenvalue weighted by Crippen LogP contribution is -2.33. The van der Waals surface area contributed by atoms with Crippen LogP contribution in [0.2, 0.25) is 0 Å². The van der Waals surface area contributed by atoms with E-state index in [1.807, 2.05) is 7.05 Å². The molecule has 2 unspecified atom stereocenters. The minimum atomic E-state index is 0.768. The first-order valence-corrected chi connectivity index (χ1v) is 5.66. The van der Waals surface area contributed by atoms with Crippen molar-refractivity contribution in [3.63, 3.8) is 0 Å². The number of rotatable bonds is 5. The average molecular weight is 184 g/mol. The fourth-order valence-corrected chi connectivity index (χ4v) is 2.13. The molecule has 1 rings (SSSR count). The molecule has 0 bridgehead atoms. The SMILES string of the molecule is CCC1CCN(C(C)CCNC)C1. The van der Waals surface area contributed by atoms with Crippen molar-refractivity contribution in [2.75, 3.05) is 26.7 Å². The maximum Gasteiger partial charge on any atom is 0.00791 e. The van der Waals surface area contributed by atoms with Crippen molar-refractivity contribution in [3.8, 4) is 0 Å². The molecule has 0 aromatic carbocycles. The fraction of sp³-hybridized carbons (Fsp3) is 1.00. The Balaban J connectivity index is 2.20. The molecule has 0 aromatic rings. The van der Waals surface area contributed by atoms with E-state index in [9.17, 15) is 0 Å². The first-order chi connectivity index (χ1) is 6.27. The number of likely N-dealkylation sites (tertiary alicyclic amines) is 1. The second kappa shape index (κ2) is 5.61. The molecule has 1 fully saturated rings. The van der Waals surface area contributed by atoms with E-state index in [2.05, 4.69) is 24.1 Å². The van der Waals surface area contributed by atoms with Gasteiger partial charge in [-0.2, -0.15) is 0 Å². The summed E-state index contributed by atoms with van der Waals surface area (Å²) in [6.07, 6.45) is 4.06. The molecule has 1 saturated heterocycles. The molecule has 1 heterocycles. The summed E-state index contributed by atoms with van der Waals surface area (Å²) in [6.45, 7) is 8.47. The molecule has 13 heavy (non-hydrogen) atoms. The smallest absolute Gasteiger partial charge is 0.00791 e. The molecule has 0 amide bonds. The summed E-state index contributed by atoms with van der Waals surface area (Å²) in [7, 11) is 2.03. The molecule has 0 aliphatic carbocycles. The van der Waals surface area contributed by atoms with Gasteiger partial charge in [0, 0.05) is 12.6 Å². The van der Waals surface area contributed by atoms with Crippen LogP contribution in [0.15, 0.2) is 0 Å². The number of hydrogen-bond donors (Lipinski definition) is 1. The van der Waals surface area contributed by atoms with Crippen molar-refractivity contribution in [1.29, 1.82) is 0 Å². The van der Waals surface area contributed by atoms with Crippen LogP contribution in [0, 0.1) is 5.92 Å². The van der Waals surface area contributed by atoms with Crippen LogP contribution in [0.4, 0.5) is 0 Å². The van der Waals surface area contributed by atoms with Crippen LogP contribution in [-0.4, -0.2) is 37.6 Å². The highest BCUT2D eigenvalue weighted by Crippen LogP contribution is 2.21. The van der Waals surface area contributed by atoms with Crippen LogP contribution >= 0.6 is 0 Å². The van der Waals surface area contributed by atoms with Gasteiger partial charge in [0.05, 0.1) is 0 Å². The van der Waals surface area contributed by atoms with Crippen LogP contribution in [0.3, 0.4) is 0 Å². The van der Waals surface area contributed by atoms with Crippen molar-refractivity contribution in [3.05, 3.63) is 0 Å². The zero-order valence-corrected chi connectivity index (χ0v) is 9.34. The molecule has 0 spiro atoms. The van der Waals surface area contributed by atoms with Crippen molar-refractivity contribution >= 4 is 0 Å². The average Bonchev–Trinajstić information content (AvgIpc) is 2.62. The maximum atomic E-state index is 3.22. The van der Waals surface area contributed by atoms with E-state index in [1.165, 1.54) is 32.4 Å². The largest absolute Gasteiger partial charge is 0.320 e. The second-order valence-electron chi connectivity index (χ2n) is 4.30. The second-order valence-corrected chi connectivity index (χ2v) is 4.30. The van der Waals surface area contributed by atoms with Gasteiger partial charge >= 0.3 is 0 Å². The Bertz CT molecular complexity index is 136. The number of nitrogens with zero attached hydrogens (tertiary/aromatic N) is 1. The normalized spacial score (nSPS) is 26.5. The quantitative estimate of drug-likeness (QED) is 0.700. The van der Waals surface area contributed by atoms with Crippen molar-refractivity contribution in [2.45, 2.75) is 39.2 Å². The van der Waals surface area contributed by atoms with Gasteiger partial charge in [-0.3, -0.25) is 0 Å². The molecular weight excluding hydrogens is 160 g/mol. The first kappa shape index (κ1) is 11.0. The van der Waals surface area contributed by atoms with Gasteiger partial charge in [0.25, 0.3) is 0 Å². The van der Waals surface area contributed by atoms with E-state index in [0.717, 1.165) is 18.5 Å². The van der Waals surface area contributed by atoms with Crippen LogP contribution in [0.25, 0.3) is 0 Å². The highest BCUT2D eigenvalue weighted by atomic mass is 15.2. The van der Waals surface area contributed by atoms with Gasteiger partial charge in [0.2, 0.25) is 0 Å². The van der Waals surface area contributed by atoms with Crippen molar-refractivity contribution < 1.29 is 0 Å². The molecule has 0 radical (unpaired) electrons. The van der Waals surface area contributed by atoms with Crippen LogP contribution in [0.1, 0.15) is 33.1 Å². The minimum Gasteiger partial charge on any atom is -0.320 e. The van der Waals surface area contributed by atoms with Gasteiger partial charge in [-0.25, -0.2) is 0 Å². The van der Waals surface area contributed by atoms with E-state index < -0.39 is 0 Å². The predicted molar refractivity (Wildman–Crippen MR) is 58.0 cm³/mol. The third kappa shape index (κ3) is 3.28. The summed E-state index contributed by atoms with van der Waals surface area (Å²) in [5.74, 6) is 0.969. The Morgan fingerprint density at radius 3 is 2.85 bits per heavy atom. The molecule has 2 atom stereocenters. The van der Waals surface area contributed by atoms with E-state index in [0.29, 0.717) is 0 Å². The summed E-state index contributed by atoms with van der Waals surface area (Å²) in [6, 6.07) is 0.768. The minimum absolute atomic E-state index is 0.768. The Morgan fingerprint density at radius 1 is 1.54 bits per heavy atom. The van der Waals surface area contributed by atoms with E-state index >= 15 is 0 Å². The Labute approximate surface area is 82.7 Å². The summed E-state index contributed by atoms with van der Waals surface area (Å²) in [5.41, 5.74) is 0. The predicted octanol–water partition coefficient (Wildman–Crippen LogP) is 1.72. The third-order valence-corrected chi connectivity index (χ3v) is 3.33. The fourth-order valence-electron chi connectivity index (χ4n) is 2.13. The topological polar surface area (TPSA) is 15.3 Å². The summed E-state index contributed by atoms with van der Waals surface area (Å²) >= 11 is 0. The Hall–Kier alpha value is -0.0800. The van der Waals surface area contributed by atoms with Gasteiger partial charge in [-0.15, -0.1) is 0 Å². The number of nitrogens with one attached hydrogen (secondary N) is 1. The van der Waals surface area contributed by atoms with Crippen LogP contribution in [-0.2, 0) is 0 Å². The van der Waals surface area contributed by atoms with Crippen molar-refractivity contribution in [2.24, 2.45) is 5.92 Å². The molecular formula is C11H24N2. The molecule has 1 N–H and O–H groups in total. The van der Waals surface area contributed by atoms with Crippen LogP contribution in [0.5, 0.6) is 0 Å². The molecule has 1 aliphatic heterocycles. The molecule has 0 aromatic heterocycles. The Kier molecular flexibility index (Phi) is 4.74. The zero-order chi connectivity index (χ0) is 9.68. The summed E-state index contributed by atoms with van der Waals surface area (Å²) < 4.78 is 0. The Morgan fingerprint density at radius 2 is 2.31 bits per heavy atom. The van der Waals surface area contributed by atoms with E-state index in [1.54, 1.807) is 0 Å². The number of hydrogen-bond acceptors (Lipinski definition) is 2. The molecule has 2 heteroatoms. The summed E-state index contributed by atoms with van der Waals surface area (Å²) in [5, 5.41) is 3.22. The molecule has 1 aliphatic rings. The zero-order valence-electron chi connectivity index (χ0n) is 9.34. The third-order valence-electron chi connectivity index (χ3n) is 3.33. The highest BCUT2D eigenvalue weighted by Gasteiger charge is 2.23. The maximum absolute atomic E-state index is 3.22. The lowest BCUT2D eigenvalue weighted by molar-refractivity contribution is 0.237. The van der Waals surface area contributed by atoms with E-state index in [4.69, 9.17) is 0 Å². The lowest BCUT2D eigenvalue weighted by atomic mass is 10.1. The lowest BCUT2D eigenvalue weighted by Gasteiger charge is -2.24. The highest BCUT2D eigenvalue weighted by molar-refractivity contribution is 4.78. The standard InChI is InChI=1S/C11H24N2/c1-4-11-6-8-13(9-11)10(2)5-7-12-3/h10-12H,4-9H2,1-3H3. The van der Waals surface area contributed by atoms with Gasteiger partial charge < -0.3 is 10.2 Å². The summed E-state index contributed by atoms with van der Waals surface area (Å²) in [4.78, 5) is 2.64. The van der Waals surface area contributed by atoms with Crippen LogP contribution < -0.4 is 5.32 Å². The monoisotopic (exact) mass is 184 g/mol.